The van der Waals surface area contributed by atoms with Gasteiger partial charge in [0.1, 0.15) is 17.2 Å². The maximum Gasteiger partial charge on any atom is 0.343 e. The highest BCUT2D eigenvalue weighted by Gasteiger charge is 2.08. The number of benzene rings is 3. The Morgan fingerprint density at radius 3 is 2.16 bits per heavy atom. The van der Waals surface area contributed by atoms with Gasteiger partial charge in [-0.2, -0.15) is 0 Å². The molecule has 4 heteroatoms. The first-order chi connectivity index (χ1) is 12.2. The molecule has 0 heterocycles. The molecule has 0 N–H and O–H groups in total. The smallest absolute Gasteiger partial charge is 0.343 e. The molecule has 0 saturated heterocycles. The molecule has 0 aliphatic heterocycles. The molecule has 4 nitrogen and oxygen atoms in total. The van der Waals surface area contributed by atoms with Crippen molar-refractivity contribution >= 4 is 5.97 Å². The molecule has 0 bridgehead atoms. The van der Waals surface area contributed by atoms with Crippen molar-refractivity contribution in [1.29, 1.82) is 0 Å². The van der Waals surface area contributed by atoms with Crippen LogP contribution in [-0.4, -0.2) is 12.8 Å². The minimum atomic E-state index is -0.408. The highest BCUT2D eigenvalue weighted by Crippen LogP contribution is 2.18. The molecule has 0 spiro atoms. The van der Waals surface area contributed by atoms with Gasteiger partial charge < -0.3 is 14.2 Å². The molecule has 3 rings (SSSR count). The lowest BCUT2D eigenvalue weighted by atomic mass is 10.2. The zero-order valence-electron chi connectivity index (χ0n) is 13.8. The molecule has 0 aliphatic carbocycles. The summed E-state index contributed by atoms with van der Waals surface area (Å²) in [7, 11) is 0. The largest absolute Gasteiger partial charge is 0.458 e. The van der Waals surface area contributed by atoms with E-state index in [9.17, 15) is 4.79 Å². The number of ether oxygens (including phenoxy) is 3. The van der Waals surface area contributed by atoms with E-state index in [1.54, 1.807) is 36.4 Å². The van der Waals surface area contributed by atoms with E-state index < -0.39 is 5.97 Å². The Labute approximate surface area is 146 Å². The molecular weight excluding hydrogens is 316 g/mol. The van der Waals surface area contributed by atoms with Crippen molar-refractivity contribution in [3.8, 4) is 17.2 Å². The molecule has 0 radical (unpaired) electrons. The van der Waals surface area contributed by atoms with E-state index in [1.807, 2.05) is 49.4 Å². The van der Waals surface area contributed by atoms with Crippen LogP contribution in [0.5, 0.6) is 17.2 Å². The van der Waals surface area contributed by atoms with E-state index >= 15 is 0 Å². The first kappa shape index (κ1) is 16.6. The molecule has 3 aromatic carbocycles. The first-order valence-corrected chi connectivity index (χ1v) is 7.91. The van der Waals surface area contributed by atoms with Crippen molar-refractivity contribution in [3.05, 3.63) is 90.0 Å². The zero-order chi connectivity index (χ0) is 17.5. The van der Waals surface area contributed by atoms with Gasteiger partial charge in [-0.05, 0) is 55.0 Å². The van der Waals surface area contributed by atoms with E-state index in [-0.39, 0.29) is 6.79 Å². The van der Waals surface area contributed by atoms with Crippen LogP contribution < -0.4 is 14.2 Å². The third-order valence-corrected chi connectivity index (χ3v) is 3.58. The molecular formula is C21H18O4. The summed E-state index contributed by atoms with van der Waals surface area (Å²) in [4.78, 5) is 12.1. The second-order valence-corrected chi connectivity index (χ2v) is 5.40. The maximum absolute atomic E-state index is 12.1. The molecule has 0 fully saturated rings. The van der Waals surface area contributed by atoms with Crippen molar-refractivity contribution in [1.82, 2.24) is 0 Å². The standard InChI is InChI=1S/C21H18O4/c1-16-7-5-6-10-20(16)24-15-23-18-13-11-17(12-14-18)21(22)25-19-8-3-2-4-9-19/h2-14H,15H2,1H3. The van der Waals surface area contributed by atoms with Gasteiger partial charge in [0.05, 0.1) is 5.56 Å². The Kier molecular flexibility index (Phi) is 5.32. The van der Waals surface area contributed by atoms with Crippen LogP contribution in [0, 0.1) is 6.92 Å². The number of hydrogen-bond acceptors (Lipinski definition) is 4. The number of hydrogen-bond donors (Lipinski definition) is 0. The lowest BCUT2D eigenvalue weighted by Crippen LogP contribution is -2.09. The fourth-order valence-electron chi connectivity index (χ4n) is 2.22. The van der Waals surface area contributed by atoms with Crippen LogP contribution >= 0.6 is 0 Å². The number of carbonyl (C=O) groups excluding carboxylic acids is 1. The summed E-state index contributed by atoms with van der Waals surface area (Å²) in [5, 5.41) is 0. The minimum absolute atomic E-state index is 0.0959. The Bertz CT molecular complexity index is 826. The molecule has 0 atom stereocenters. The van der Waals surface area contributed by atoms with E-state index in [2.05, 4.69) is 0 Å². The SMILES string of the molecule is Cc1ccccc1OCOc1ccc(C(=O)Oc2ccccc2)cc1. The summed E-state index contributed by atoms with van der Waals surface area (Å²) in [6.07, 6.45) is 0. The average Bonchev–Trinajstić information content (AvgIpc) is 2.65. The molecule has 0 saturated carbocycles. The van der Waals surface area contributed by atoms with E-state index in [0.29, 0.717) is 17.1 Å². The van der Waals surface area contributed by atoms with Gasteiger partial charge in [-0.3, -0.25) is 0 Å². The lowest BCUT2D eigenvalue weighted by molar-refractivity contribution is 0.0734. The summed E-state index contributed by atoms with van der Waals surface area (Å²) in [5.41, 5.74) is 1.50. The van der Waals surface area contributed by atoms with Gasteiger partial charge in [-0.25, -0.2) is 4.79 Å². The summed E-state index contributed by atoms with van der Waals surface area (Å²) in [6, 6.07) is 23.4. The predicted molar refractivity (Wildman–Crippen MR) is 95.1 cm³/mol. The molecule has 25 heavy (non-hydrogen) atoms. The second kappa shape index (κ2) is 8.02. The molecule has 3 aromatic rings. The third kappa shape index (κ3) is 4.61. The van der Waals surface area contributed by atoms with E-state index in [1.165, 1.54) is 0 Å². The van der Waals surface area contributed by atoms with E-state index in [0.717, 1.165) is 11.3 Å². The highest BCUT2D eigenvalue weighted by atomic mass is 16.7. The second-order valence-electron chi connectivity index (χ2n) is 5.40. The summed E-state index contributed by atoms with van der Waals surface area (Å²) < 4.78 is 16.4. The predicted octanol–water partition coefficient (Wildman–Crippen LogP) is 4.63. The van der Waals surface area contributed by atoms with E-state index in [4.69, 9.17) is 14.2 Å². The summed E-state index contributed by atoms with van der Waals surface area (Å²) in [5.74, 6) is 1.50. The normalized spacial score (nSPS) is 10.1. The van der Waals surface area contributed by atoms with Crippen molar-refractivity contribution in [3.63, 3.8) is 0 Å². The van der Waals surface area contributed by atoms with Crippen molar-refractivity contribution < 1.29 is 19.0 Å². The number of para-hydroxylation sites is 2. The number of rotatable bonds is 6. The average molecular weight is 334 g/mol. The first-order valence-electron chi connectivity index (χ1n) is 7.91. The van der Waals surface area contributed by atoms with Crippen LogP contribution in [0.25, 0.3) is 0 Å². The third-order valence-electron chi connectivity index (χ3n) is 3.58. The lowest BCUT2D eigenvalue weighted by Gasteiger charge is -2.10. The molecule has 126 valence electrons. The maximum atomic E-state index is 12.1. The fraction of sp³-hybridized carbons (Fsp3) is 0.0952. The minimum Gasteiger partial charge on any atom is -0.458 e. The number of esters is 1. The molecule has 0 amide bonds. The topological polar surface area (TPSA) is 44.8 Å². The Morgan fingerprint density at radius 2 is 1.44 bits per heavy atom. The van der Waals surface area contributed by atoms with Gasteiger partial charge in [0.25, 0.3) is 0 Å². The summed E-state index contributed by atoms with van der Waals surface area (Å²) in [6.45, 7) is 2.07. The monoisotopic (exact) mass is 334 g/mol. The van der Waals surface area contributed by atoms with Crippen LogP contribution in [0.4, 0.5) is 0 Å². The molecule has 0 aromatic heterocycles. The van der Waals surface area contributed by atoms with Crippen LogP contribution in [0.2, 0.25) is 0 Å². The van der Waals surface area contributed by atoms with Gasteiger partial charge in [0.15, 0.2) is 0 Å². The summed E-state index contributed by atoms with van der Waals surface area (Å²) >= 11 is 0. The van der Waals surface area contributed by atoms with Gasteiger partial charge in [0, 0.05) is 0 Å². The Balaban J connectivity index is 1.53. The van der Waals surface area contributed by atoms with Crippen LogP contribution in [0.15, 0.2) is 78.9 Å². The fourth-order valence-corrected chi connectivity index (χ4v) is 2.22. The molecule has 0 aliphatic rings. The molecule has 0 unspecified atom stereocenters. The van der Waals surface area contributed by atoms with Gasteiger partial charge >= 0.3 is 5.97 Å². The van der Waals surface area contributed by atoms with Crippen LogP contribution in [-0.2, 0) is 0 Å². The quantitative estimate of drug-likeness (QED) is 0.374. The number of carbonyl (C=O) groups is 1. The Morgan fingerprint density at radius 1 is 0.760 bits per heavy atom. The zero-order valence-corrected chi connectivity index (χ0v) is 13.8. The van der Waals surface area contributed by atoms with Crippen LogP contribution in [0.1, 0.15) is 15.9 Å². The van der Waals surface area contributed by atoms with Crippen LogP contribution in [0.3, 0.4) is 0 Å². The van der Waals surface area contributed by atoms with Crippen molar-refractivity contribution in [2.45, 2.75) is 6.92 Å². The van der Waals surface area contributed by atoms with Crippen molar-refractivity contribution in [2.75, 3.05) is 6.79 Å². The van der Waals surface area contributed by atoms with Crippen molar-refractivity contribution in [2.24, 2.45) is 0 Å². The Hall–Kier alpha value is -3.27. The number of aryl methyl sites for hydroxylation is 1. The highest BCUT2D eigenvalue weighted by molar-refractivity contribution is 5.91. The van der Waals surface area contributed by atoms with Gasteiger partial charge in [0.2, 0.25) is 6.79 Å². The van der Waals surface area contributed by atoms with Gasteiger partial charge in [-0.1, -0.05) is 36.4 Å². The van der Waals surface area contributed by atoms with Gasteiger partial charge in [-0.15, -0.1) is 0 Å².